The van der Waals surface area contributed by atoms with E-state index in [9.17, 15) is 15.3 Å². The molecule has 0 spiro atoms. The first-order valence-electron chi connectivity index (χ1n) is 9.80. The zero-order valence-electron chi connectivity index (χ0n) is 16.6. The number of thiophene rings is 1. The van der Waals surface area contributed by atoms with Gasteiger partial charge >= 0.3 is 0 Å². The highest BCUT2D eigenvalue weighted by atomic mass is 32.1. The Kier molecular flexibility index (Phi) is 6.69. The molecular formula is C23H23N3O2S. The maximum absolute atomic E-state index is 12.7. The average Bonchev–Trinajstić information content (AvgIpc) is 3.09. The number of carbonyl (C=O) groups excluding carboxylic acids is 1. The van der Waals surface area contributed by atoms with Crippen molar-refractivity contribution >= 4 is 28.3 Å². The minimum absolute atomic E-state index is 0.00384. The van der Waals surface area contributed by atoms with E-state index >= 15 is 0 Å². The van der Waals surface area contributed by atoms with E-state index in [1.807, 2.05) is 37.3 Å². The second-order valence-corrected chi connectivity index (χ2v) is 8.16. The Morgan fingerprint density at radius 3 is 2.66 bits per heavy atom. The summed E-state index contributed by atoms with van der Waals surface area (Å²) in [6.45, 7) is 4.06. The summed E-state index contributed by atoms with van der Waals surface area (Å²) in [7, 11) is 0. The van der Waals surface area contributed by atoms with Crippen LogP contribution in [0.1, 0.15) is 54.7 Å². The fraction of sp³-hybridized carbons (Fsp3) is 0.348. The van der Waals surface area contributed by atoms with E-state index in [0.717, 1.165) is 49.0 Å². The van der Waals surface area contributed by atoms with E-state index in [-0.39, 0.29) is 11.7 Å². The smallest absolute Gasteiger partial charge is 0.266 e. The molecule has 0 radical (unpaired) electrons. The summed E-state index contributed by atoms with van der Waals surface area (Å²) in [6, 6.07) is 11.5. The Morgan fingerprint density at radius 2 is 2.00 bits per heavy atom. The average molecular weight is 406 g/mol. The molecule has 1 N–H and O–H groups in total. The molecule has 148 valence electrons. The zero-order valence-corrected chi connectivity index (χ0v) is 17.4. The number of amides is 1. The third-order valence-corrected chi connectivity index (χ3v) is 6.19. The Labute approximate surface area is 175 Å². The van der Waals surface area contributed by atoms with Crippen LogP contribution in [0.3, 0.4) is 0 Å². The van der Waals surface area contributed by atoms with Gasteiger partial charge in [-0.25, -0.2) is 0 Å². The van der Waals surface area contributed by atoms with Gasteiger partial charge in [0.2, 0.25) is 0 Å². The van der Waals surface area contributed by atoms with Gasteiger partial charge in [0.05, 0.1) is 11.7 Å². The predicted molar refractivity (Wildman–Crippen MR) is 115 cm³/mol. The van der Waals surface area contributed by atoms with Crippen molar-refractivity contribution in [3.05, 3.63) is 51.4 Å². The van der Waals surface area contributed by atoms with Gasteiger partial charge in [-0.1, -0.05) is 19.1 Å². The quantitative estimate of drug-likeness (QED) is 0.527. The van der Waals surface area contributed by atoms with Crippen molar-refractivity contribution in [1.82, 2.24) is 0 Å². The van der Waals surface area contributed by atoms with Gasteiger partial charge in [0.15, 0.2) is 0 Å². The molecule has 1 aromatic heterocycles. The lowest BCUT2D eigenvalue weighted by molar-refractivity contribution is -0.112. The third kappa shape index (κ3) is 4.85. The van der Waals surface area contributed by atoms with E-state index in [0.29, 0.717) is 10.6 Å². The highest BCUT2D eigenvalue weighted by Crippen LogP contribution is 2.37. The molecule has 0 unspecified atom stereocenters. The van der Waals surface area contributed by atoms with Crippen LogP contribution in [-0.4, -0.2) is 12.0 Å². The lowest BCUT2D eigenvalue weighted by atomic mass is 9.96. The van der Waals surface area contributed by atoms with Crippen LogP contribution >= 0.6 is 11.3 Å². The van der Waals surface area contributed by atoms with E-state index in [1.165, 1.54) is 16.2 Å². The summed E-state index contributed by atoms with van der Waals surface area (Å²) in [4.78, 5) is 13.8. The number of nitriles is 2. The van der Waals surface area contributed by atoms with Crippen molar-refractivity contribution in [1.29, 1.82) is 10.5 Å². The minimum Gasteiger partial charge on any atom is -0.491 e. The van der Waals surface area contributed by atoms with Crippen molar-refractivity contribution in [3.63, 3.8) is 0 Å². The fourth-order valence-corrected chi connectivity index (χ4v) is 4.45. The third-order valence-electron chi connectivity index (χ3n) is 4.98. The van der Waals surface area contributed by atoms with Gasteiger partial charge < -0.3 is 10.1 Å². The normalized spacial score (nSPS) is 14.3. The largest absolute Gasteiger partial charge is 0.491 e. The maximum Gasteiger partial charge on any atom is 0.266 e. The van der Waals surface area contributed by atoms with Crippen LogP contribution in [0.4, 0.5) is 5.00 Å². The molecule has 2 aromatic rings. The number of hydrogen-bond acceptors (Lipinski definition) is 5. The summed E-state index contributed by atoms with van der Waals surface area (Å²) >= 11 is 1.45. The van der Waals surface area contributed by atoms with Crippen LogP contribution in [0, 0.1) is 22.7 Å². The molecule has 0 saturated carbocycles. The Balaban J connectivity index is 1.77. The Morgan fingerprint density at radius 1 is 1.28 bits per heavy atom. The summed E-state index contributed by atoms with van der Waals surface area (Å²) in [6.07, 6.45) is 6.56. The number of ether oxygens (including phenoxy) is 1. The molecule has 3 rings (SSSR count). The van der Waals surface area contributed by atoms with Crippen LogP contribution in [0.25, 0.3) is 6.08 Å². The summed E-state index contributed by atoms with van der Waals surface area (Å²) in [5.74, 6) is 0.254. The number of nitrogens with one attached hydrogen (secondary N) is 1. The lowest BCUT2D eigenvalue weighted by Crippen LogP contribution is -2.13. The molecule has 1 heterocycles. The van der Waals surface area contributed by atoms with Gasteiger partial charge in [0.1, 0.15) is 28.5 Å². The van der Waals surface area contributed by atoms with Crippen molar-refractivity contribution in [3.8, 4) is 17.9 Å². The fourth-order valence-electron chi connectivity index (χ4n) is 3.22. The molecule has 1 amide bonds. The molecule has 0 aliphatic heterocycles. The SMILES string of the molecule is CC[C@H](C)Oc1ccc(/C=C(\C#N)C(=O)Nc2sc3c(c2C#N)CCCC3)cc1. The van der Waals surface area contributed by atoms with Crippen LogP contribution < -0.4 is 10.1 Å². The highest BCUT2D eigenvalue weighted by molar-refractivity contribution is 7.16. The Bertz CT molecular complexity index is 1010. The summed E-state index contributed by atoms with van der Waals surface area (Å²) in [5, 5.41) is 22.3. The van der Waals surface area contributed by atoms with Crippen molar-refractivity contribution < 1.29 is 9.53 Å². The molecule has 1 aliphatic rings. The molecule has 1 atom stereocenters. The monoisotopic (exact) mass is 405 g/mol. The molecule has 5 nitrogen and oxygen atoms in total. The van der Waals surface area contributed by atoms with Gasteiger partial charge in [-0.15, -0.1) is 11.3 Å². The first kappa shape index (κ1) is 20.6. The molecule has 6 heteroatoms. The van der Waals surface area contributed by atoms with Gasteiger partial charge in [0.25, 0.3) is 5.91 Å². The number of hydrogen-bond donors (Lipinski definition) is 1. The maximum atomic E-state index is 12.7. The number of rotatable bonds is 6. The van der Waals surface area contributed by atoms with Crippen LogP contribution in [0.2, 0.25) is 0 Å². The summed E-state index contributed by atoms with van der Waals surface area (Å²) < 4.78 is 5.75. The van der Waals surface area contributed by atoms with Crippen molar-refractivity contribution in [2.75, 3.05) is 5.32 Å². The number of benzene rings is 1. The molecule has 0 bridgehead atoms. The zero-order chi connectivity index (χ0) is 20.8. The van der Waals surface area contributed by atoms with Gasteiger partial charge in [-0.3, -0.25) is 4.79 Å². The second kappa shape index (κ2) is 9.41. The molecule has 1 aromatic carbocycles. The number of nitrogens with zero attached hydrogens (tertiary/aromatic N) is 2. The molecule has 0 saturated heterocycles. The van der Waals surface area contributed by atoms with Crippen molar-refractivity contribution in [2.45, 2.75) is 52.1 Å². The number of anilines is 1. The van der Waals surface area contributed by atoms with Crippen LogP contribution in [0.15, 0.2) is 29.8 Å². The molecule has 29 heavy (non-hydrogen) atoms. The van der Waals surface area contributed by atoms with Gasteiger partial charge in [-0.05, 0) is 68.4 Å². The van der Waals surface area contributed by atoms with E-state index in [1.54, 1.807) is 6.08 Å². The number of carbonyl (C=O) groups is 1. The Hall–Kier alpha value is -3.09. The van der Waals surface area contributed by atoms with E-state index in [2.05, 4.69) is 18.3 Å². The topological polar surface area (TPSA) is 85.9 Å². The van der Waals surface area contributed by atoms with E-state index < -0.39 is 5.91 Å². The first-order valence-corrected chi connectivity index (χ1v) is 10.6. The summed E-state index contributed by atoms with van der Waals surface area (Å²) in [5.41, 5.74) is 2.33. The van der Waals surface area contributed by atoms with Gasteiger partial charge in [0, 0.05) is 4.88 Å². The molecule has 1 aliphatic carbocycles. The predicted octanol–water partition coefficient (Wildman–Crippen LogP) is 5.22. The lowest BCUT2D eigenvalue weighted by Gasteiger charge is -2.12. The van der Waals surface area contributed by atoms with Crippen LogP contribution in [-0.2, 0) is 17.6 Å². The van der Waals surface area contributed by atoms with Gasteiger partial charge in [-0.2, -0.15) is 10.5 Å². The second-order valence-electron chi connectivity index (χ2n) is 7.06. The van der Waals surface area contributed by atoms with E-state index in [4.69, 9.17) is 4.74 Å². The first-order chi connectivity index (χ1) is 14.0. The number of aryl methyl sites for hydroxylation is 1. The minimum atomic E-state index is -0.498. The number of fused-ring (bicyclic) bond motifs is 1. The van der Waals surface area contributed by atoms with Crippen LogP contribution in [0.5, 0.6) is 5.75 Å². The molecule has 0 fully saturated rings. The van der Waals surface area contributed by atoms with Crippen molar-refractivity contribution in [2.24, 2.45) is 0 Å². The highest BCUT2D eigenvalue weighted by Gasteiger charge is 2.22. The standard InChI is InChI=1S/C23H23N3O2S/c1-3-15(2)28-18-10-8-16(9-11-18)12-17(13-24)22(27)26-23-20(14-25)19-6-4-5-7-21(19)29-23/h8-12,15H,3-7H2,1-2H3,(H,26,27)/b17-12+/t15-/m0/s1. The molecular weight excluding hydrogens is 382 g/mol.